The molecule has 0 atom stereocenters. The van der Waals surface area contributed by atoms with E-state index in [9.17, 15) is 13.6 Å². The zero-order valence-corrected chi connectivity index (χ0v) is 15.9. The molecule has 0 unspecified atom stereocenters. The first kappa shape index (κ1) is 18.7. The Hall–Kier alpha value is -2.61. The predicted octanol–water partition coefficient (Wildman–Crippen LogP) is 4.46. The summed E-state index contributed by atoms with van der Waals surface area (Å²) in [4.78, 5) is 20.1. The van der Waals surface area contributed by atoms with Crippen LogP contribution in [0, 0.1) is 5.82 Å². The molecule has 1 saturated carbocycles. The second kappa shape index (κ2) is 8.18. The van der Waals surface area contributed by atoms with Crippen LogP contribution in [0.15, 0.2) is 52.2 Å². The molecule has 28 heavy (non-hydrogen) atoms. The van der Waals surface area contributed by atoms with E-state index in [1.165, 1.54) is 42.9 Å². The smallest absolute Gasteiger partial charge is 0.261 e. The van der Waals surface area contributed by atoms with E-state index in [2.05, 4.69) is 20.6 Å². The van der Waals surface area contributed by atoms with Gasteiger partial charge >= 0.3 is 0 Å². The van der Waals surface area contributed by atoms with Crippen LogP contribution in [0.4, 0.5) is 14.5 Å². The van der Waals surface area contributed by atoms with Crippen molar-refractivity contribution in [1.82, 2.24) is 15.3 Å². The van der Waals surface area contributed by atoms with Crippen molar-refractivity contribution in [1.29, 1.82) is 0 Å². The molecular formula is C20H20F2N4OS. The lowest BCUT2D eigenvalue weighted by Gasteiger charge is -2.14. The Morgan fingerprint density at radius 2 is 2.07 bits per heavy atom. The van der Waals surface area contributed by atoms with Gasteiger partial charge in [-0.05, 0) is 37.1 Å². The third kappa shape index (κ3) is 4.27. The highest BCUT2D eigenvalue weighted by Gasteiger charge is 2.17. The summed E-state index contributed by atoms with van der Waals surface area (Å²) in [5, 5.41) is 5.99. The number of aromatic amines is 1. The zero-order valence-electron chi connectivity index (χ0n) is 15.1. The number of fused-ring (bicyclic) bond motifs is 1. The Bertz CT molecular complexity index is 1040. The van der Waals surface area contributed by atoms with Crippen LogP contribution in [0.3, 0.4) is 0 Å². The summed E-state index contributed by atoms with van der Waals surface area (Å²) in [6.07, 6.45) is 10.5. The van der Waals surface area contributed by atoms with E-state index in [1.54, 1.807) is 18.3 Å². The molecule has 0 radical (unpaired) electrons. The second-order valence-electron chi connectivity index (χ2n) is 6.86. The van der Waals surface area contributed by atoms with Crippen molar-refractivity contribution in [2.45, 2.75) is 37.5 Å². The first-order valence-electron chi connectivity index (χ1n) is 9.20. The summed E-state index contributed by atoms with van der Waals surface area (Å²) in [5.41, 5.74) is 0.447. The van der Waals surface area contributed by atoms with E-state index in [1.807, 2.05) is 0 Å². The second-order valence-corrected chi connectivity index (χ2v) is 7.90. The van der Waals surface area contributed by atoms with Gasteiger partial charge in [-0.15, -0.1) is 11.8 Å². The maximum absolute atomic E-state index is 14.5. The number of anilines is 1. The molecule has 2 aliphatic rings. The SMILES string of the molecule is O=c1[nH]c(CSC2=CC(F)=CNC=C2)nc2cc(NC3CCCC3)cc(F)c12. The van der Waals surface area contributed by atoms with Crippen LogP contribution < -0.4 is 16.2 Å². The Morgan fingerprint density at radius 3 is 2.89 bits per heavy atom. The zero-order chi connectivity index (χ0) is 19.5. The van der Waals surface area contributed by atoms with Crippen LogP contribution in [-0.2, 0) is 5.75 Å². The van der Waals surface area contributed by atoms with E-state index >= 15 is 0 Å². The average Bonchev–Trinajstić information content (AvgIpc) is 3.06. The number of benzene rings is 1. The Morgan fingerprint density at radius 1 is 1.25 bits per heavy atom. The number of H-pyrrole nitrogens is 1. The van der Waals surface area contributed by atoms with E-state index in [4.69, 9.17) is 0 Å². The molecule has 1 aliphatic heterocycles. The van der Waals surface area contributed by atoms with Gasteiger partial charge in [0.05, 0.1) is 11.3 Å². The van der Waals surface area contributed by atoms with Crippen LogP contribution in [0.2, 0.25) is 0 Å². The minimum Gasteiger partial charge on any atom is -0.382 e. The number of hydrogen-bond acceptors (Lipinski definition) is 5. The highest BCUT2D eigenvalue weighted by Crippen LogP contribution is 2.27. The number of nitrogens with zero attached hydrogens (tertiary/aromatic N) is 1. The van der Waals surface area contributed by atoms with Crippen molar-refractivity contribution < 1.29 is 8.78 Å². The van der Waals surface area contributed by atoms with Crippen LogP contribution >= 0.6 is 11.8 Å². The third-order valence-corrected chi connectivity index (χ3v) is 5.76. The minimum atomic E-state index is -0.585. The fraction of sp³-hybridized carbons (Fsp3) is 0.300. The predicted molar refractivity (Wildman–Crippen MR) is 109 cm³/mol. The molecule has 3 N–H and O–H groups in total. The number of allylic oxidation sites excluding steroid dienone is 3. The van der Waals surface area contributed by atoms with Crippen molar-refractivity contribution >= 4 is 28.4 Å². The molecule has 0 amide bonds. The lowest BCUT2D eigenvalue weighted by molar-refractivity contribution is 0.637. The van der Waals surface area contributed by atoms with E-state index in [-0.39, 0.29) is 5.39 Å². The lowest BCUT2D eigenvalue weighted by atomic mass is 10.2. The van der Waals surface area contributed by atoms with Gasteiger partial charge in [-0.3, -0.25) is 4.79 Å². The first-order chi connectivity index (χ1) is 13.6. The molecule has 1 aromatic carbocycles. The summed E-state index contributed by atoms with van der Waals surface area (Å²) in [7, 11) is 0. The van der Waals surface area contributed by atoms with Gasteiger partial charge in [0.1, 0.15) is 22.9 Å². The van der Waals surface area contributed by atoms with Crippen molar-refractivity contribution in [2.75, 3.05) is 5.32 Å². The van der Waals surface area contributed by atoms with E-state index < -0.39 is 17.2 Å². The van der Waals surface area contributed by atoms with Gasteiger partial charge < -0.3 is 15.6 Å². The fourth-order valence-corrected chi connectivity index (χ4v) is 4.25. The molecule has 146 valence electrons. The molecule has 1 aliphatic carbocycles. The number of nitrogens with one attached hydrogen (secondary N) is 3. The van der Waals surface area contributed by atoms with Crippen molar-refractivity contribution in [3.05, 3.63) is 69.4 Å². The number of rotatable bonds is 5. The molecule has 5 nitrogen and oxygen atoms in total. The molecule has 4 rings (SSSR count). The van der Waals surface area contributed by atoms with Gasteiger partial charge in [0.15, 0.2) is 0 Å². The lowest BCUT2D eigenvalue weighted by Crippen LogP contribution is -2.16. The molecule has 1 aromatic heterocycles. The van der Waals surface area contributed by atoms with Crippen LogP contribution in [0.25, 0.3) is 10.9 Å². The quantitative estimate of drug-likeness (QED) is 0.689. The van der Waals surface area contributed by atoms with E-state index in [0.717, 1.165) is 12.8 Å². The molecule has 2 heterocycles. The van der Waals surface area contributed by atoms with Crippen molar-refractivity contribution in [3.63, 3.8) is 0 Å². The minimum absolute atomic E-state index is 0.0440. The van der Waals surface area contributed by atoms with Gasteiger partial charge in [0, 0.05) is 29.0 Å². The van der Waals surface area contributed by atoms with Crippen molar-refractivity contribution in [3.8, 4) is 0 Å². The Balaban J connectivity index is 1.59. The Labute approximate surface area is 165 Å². The summed E-state index contributed by atoms with van der Waals surface area (Å²) >= 11 is 1.33. The summed E-state index contributed by atoms with van der Waals surface area (Å²) < 4.78 is 28.0. The normalized spacial score (nSPS) is 17.2. The van der Waals surface area contributed by atoms with Crippen LogP contribution in [-0.4, -0.2) is 16.0 Å². The molecule has 0 spiro atoms. The Kier molecular flexibility index (Phi) is 5.47. The van der Waals surface area contributed by atoms with Crippen LogP contribution in [0.5, 0.6) is 0 Å². The standard InChI is InChI=1S/C20H20F2N4OS/c21-12-7-15(5-6-23-10-12)28-11-18-25-17-9-14(24-13-3-1-2-4-13)8-16(22)19(17)20(27)26-18/h5-10,13,23-24H,1-4,11H2,(H,25,26,27). The highest BCUT2D eigenvalue weighted by molar-refractivity contribution is 8.02. The molecular weight excluding hydrogens is 382 g/mol. The monoisotopic (exact) mass is 402 g/mol. The van der Waals surface area contributed by atoms with Gasteiger partial charge in [0.25, 0.3) is 5.56 Å². The fourth-order valence-electron chi connectivity index (χ4n) is 3.45. The number of thioether (sulfide) groups is 1. The molecule has 8 heteroatoms. The summed E-state index contributed by atoms with van der Waals surface area (Å²) in [5.74, 6) is -0.233. The first-order valence-corrected chi connectivity index (χ1v) is 10.2. The average molecular weight is 402 g/mol. The maximum Gasteiger partial charge on any atom is 0.261 e. The third-order valence-electron chi connectivity index (χ3n) is 4.76. The molecule has 1 fully saturated rings. The largest absolute Gasteiger partial charge is 0.382 e. The summed E-state index contributed by atoms with van der Waals surface area (Å²) in [6.45, 7) is 0. The number of hydrogen-bond donors (Lipinski definition) is 3. The van der Waals surface area contributed by atoms with Gasteiger partial charge in [-0.2, -0.15) is 0 Å². The summed E-state index contributed by atoms with van der Waals surface area (Å²) in [6, 6.07) is 3.41. The van der Waals surface area contributed by atoms with Gasteiger partial charge in [-0.25, -0.2) is 13.8 Å². The topological polar surface area (TPSA) is 69.8 Å². The maximum atomic E-state index is 14.5. The number of aromatic nitrogens is 2. The van der Waals surface area contributed by atoms with Crippen LogP contribution in [0.1, 0.15) is 31.5 Å². The van der Waals surface area contributed by atoms with Gasteiger partial charge in [-0.1, -0.05) is 12.8 Å². The van der Waals surface area contributed by atoms with Crippen molar-refractivity contribution in [2.24, 2.45) is 0 Å². The molecule has 2 aromatic rings. The highest BCUT2D eigenvalue weighted by atomic mass is 32.2. The van der Waals surface area contributed by atoms with E-state index in [0.29, 0.717) is 33.7 Å². The number of halogens is 2. The van der Waals surface area contributed by atoms with Gasteiger partial charge in [0.2, 0.25) is 0 Å². The molecule has 0 bridgehead atoms. The molecule has 0 saturated heterocycles.